The minimum Gasteiger partial charge on any atom is -0.462 e. The van der Waals surface area contributed by atoms with Crippen molar-refractivity contribution in [3.63, 3.8) is 0 Å². The lowest BCUT2D eigenvalue weighted by Gasteiger charge is -2.33. The molecule has 1 heterocycles. The molecule has 0 fully saturated rings. The number of carbonyl (C=O) groups excluding carboxylic acids is 1. The number of halogens is 2. The van der Waals surface area contributed by atoms with E-state index in [1.807, 2.05) is 0 Å². The Balaban J connectivity index is 2.28. The number of benzene rings is 1. The molecular weight excluding hydrogens is 535 g/mol. The molecule has 3 N–H and O–H groups in total. The molecule has 4 atom stereocenters. The number of nitrogens with one attached hydrogen (secondary N) is 2. The number of H-pyrrole nitrogens is 1. The van der Waals surface area contributed by atoms with Crippen LogP contribution in [-0.2, 0) is 23.4 Å². The van der Waals surface area contributed by atoms with E-state index in [1.165, 1.54) is 19.1 Å². The third-order valence-electron chi connectivity index (χ3n) is 4.42. The lowest BCUT2D eigenvalue weighted by atomic mass is 10.1. The van der Waals surface area contributed by atoms with E-state index in [0.717, 1.165) is 30.7 Å². The molecule has 2 rings (SSSR count). The van der Waals surface area contributed by atoms with Gasteiger partial charge in [-0.3, -0.25) is 28.4 Å². The van der Waals surface area contributed by atoms with Crippen molar-refractivity contribution in [2.45, 2.75) is 64.7 Å². The van der Waals surface area contributed by atoms with E-state index >= 15 is 4.39 Å². The number of aromatic nitrogens is 2. The van der Waals surface area contributed by atoms with E-state index in [4.69, 9.17) is 30.7 Å². The van der Waals surface area contributed by atoms with Crippen LogP contribution >= 0.6 is 20.0 Å². The number of hydrogen-bond acceptors (Lipinski definition) is 9. The van der Waals surface area contributed by atoms with Crippen LogP contribution in [0.5, 0.6) is 5.75 Å². The Morgan fingerprint density at radius 2 is 1.84 bits per heavy atom. The summed E-state index contributed by atoms with van der Waals surface area (Å²) in [7, 11) is -4.56. The summed E-state index contributed by atoms with van der Waals surface area (Å²) in [5.74, 6) is -0.762. The fourth-order valence-electron chi connectivity index (χ4n) is 2.84. The zero-order valence-electron chi connectivity index (χ0n) is 20.8. The molecule has 1 unspecified atom stereocenters. The molecule has 1 aromatic heterocycles. The molecule has 0 aliphatic rings. The largest absolute Gasteiger partial charge is 0.462 e. The highest BCUT2D eigenvalue weighted by atomic mass is 32.1. The summed E-state index contributed by atoms with van der Waals surface area (Å²) in [4.78, 5) is 25.9. The van der Waals surface area contributed by atoms with Crippen molar-refractivity contribution >= 4 is 25.9 Å². The minimum atomic E-state index is -4.56. The highest BCUT2D eigenvalue weighted by Crippen LogP contribution is 2.46. The minimum absolute atomic E-state index is 0.0355. The molecule has 0 radical (unpaired) electrons. The van der Waals surface area contributed by atoms with Crippen LogP contribution in [0.15, 0.2) is 47.4 Å². The molecule has 0 aliphatic carbocycles. The summed E-state index contributed by atoms with van der Waals surface area (Å²) in [5.41, 5.74) is -2.93. The molecule has 2 aromatic rings. The van der Waals surface area contributed by atoms with Crippen molar-refractivity contribution in [3.8, 4) is 5.75 Å². The van der Waals surface area contributed by atoms with Crippen molar-refractivity contribution in [1.82, 2.24) is 14.6 Å². The Morgan fingerprint density at radius 3 is 2.38 bits per heavy atom. The molecule has 0 spiro atoms. The van der Waals surface area contributed by atoms with E-state index in [1.54, 1.807) is 32.0 Å². The van der Waals surface area contributed by atoms with Gasteiger partial charge in [-0.25, -0.2) is 8.96 Å². The number of hydrogen-bond donors (Lipinski definition) is 3. The van der Waals surface area contributed by atoms with Gasteiger partial charge in [0.2, 0.25) is 0 Å². The lowest BCUT2D eigenvalue weighted by Crippen LogP contribution is -2.43. The van der Waals surface area contributed by atoms with Crippen molar-refractivity contribution in [1.29, 1.82) is 0 Å². The normalized spacial score (nSPS) is 16.9. The Bertz CT molecular complexity index is 1220. The van der Waals surface area contributed by atoms with Crippen molar-refractivity contribution < 1.29 is 41.8 Å². The smallest absolute Gasteiger partial charge is 0.459 e. The van der Waals surface area contributed by atoms with E-state index < -0.39 is 56.0 Å². The van der Waals surface area contributed by atoms with Gasteiger partial charge >= 0.3 is 19.8 Å². The van der Waals surface area contributed by atoms with E-state index in [-0.39, 0.29) is 10.5 Å². The second-order valence-electron chi connectivity index (χ2n) is 8.75. The van der Waals surface area contributed by atoms with Gasteiger partial charge in [-0.05, 0) is 59.0 Å². The SMILES string of the molecule is CC(C)OC(=O)[C@H](C)NP(=O)(OC[C@@](O)(F)O[C@@H](n1ccc(=O)[nH]c1=S)C(C)(C)F)Oc1ccccc1. The van der Waals surface area contributed by atoms with E-state index in [9.17, 15) is 23.7 Å². The summed E-state index contributed by atoms with van der Waals surface area (Å²) < 4.78 is 64.5. The standard InChI is InChI=1S/C22H30F2N3O8PS/c1-14(2)33-18(29)15(3)26-36(31,35-16-9-7-6-8-10-16)32-13-22(24,30)34-19(21(4,5)23)27-12-11-17(28)25-20(27)37/h6-12,14-15,19,30H,13H2,1-5H3,(H,26,31)(H,25,28,37)/t15-,19+,22-,36?/m0/s1. The van der Waals surface area contributed by atoms with Crippen LogP contribution in [0.4, 0.5) is 8.78 Å². The van der Waals surface area contributed by atoms with Crippen LogP contribution in [0.25, 0.3) is 0 Å². The average Bonchev–Trinajstić information content (AvgIpc) is 2.76. The fraction of sp³-hybridized carbons (Fsp3) is 0.500. The maximum Gasteiger partial charge on any atom is 0.459 e. The second-order valence-corrected chi connectivity index (χ2v) is 10.8. The number of aliphatic hydroxyl groups is 1. The third-order valence-corrected chi connectivity index (χ3v) is 6.36. The third kappa shape index (κ3) is 9.72. The Labute approximate surface area is 217 Å². The summed E-state index contributed by atoms with van der Waals surface area (Å²) in [6, 6.07) is 3.65. The highest BCUT2D eigenvalue weighted by Gasteiger charge is 2.43. The van der Waals surface area contributed by atoms with Gasteiger partial charge in [-0.2, -0.15) is 9.48 Å². The Morgan fingerprint density at radius 1 is 1.22 bits per heavy atom. The molecule has 0 bridgehead atoms. The summed E-state index contributed by atoms with van der Waals surface area (Å²) in [5, 5.41) is 12.6. The molecule has 0 saturated carbocycles. The van der Waals surface area contributed by atoms with Gasteiger partial charge in [0.25, 0.3) is 5.56 Å². The van der Waals surface area contributed by atoms with Crippen molar-refractivity contribution in [3.05, 3.63) is 57.7 Å². The first-order valence-corrected chi connectivity index (χ1v) is 13.0. The molecular formula is C22H30F2N3O8PS. The van der Waals surface area contributed by atoms with Crippen LogP contribution in [0.1, 0.15) is 40.8 Å². The zero-order valence-corrected chi connectivity index (χ0v) is 22.6. The number of esters is 1. The highest BCUT2D eigenvalue weighted by molar-refractivity contribution is 7.71. The molecule has 37 heavy (non-hydrogen) atoms. The van der Waals surface area contributed by atoms with Gasteiger partial charge < -0.3 is 14.4 Å². The predicted molar refractivity (Wildman–Crippen MR) is 132 cm³/mol. The monoisotopic (exact) mass is 565 g/mol. The maximum atomic E-state index is 15.1. The molecule has 11 nitrogen and oxygen atoms in total. The Hall–Kier alpha value is -2.48. The van der Waals surface area contributed by atoms with Gasteiger partial charge in [-0.15, -0.1) is 0 Å². The summed E-state index contributed by atoms with van der Waals surface area (Å²) in [6.07, 6.45) is -1.31. The molecule has 206 valence electrons. The average molecular weight is 566 g/mol. The van der Waals surface area contributed by atoms with E-state index in [2.05, 4.69) is 10.1 Å². The molecule has 0 amide bonds. The fourth-order valence-corrected chi connectivity index (χ4v) is 4.59. The van der Waals surface area contributed by atoms with Gasteiger partial charge in [0, 0.05) is 12.3 Å². The molecule has 1 aromatic carbocycles. The number of carbonyl (C=O) groups is 1. The topological polar surface area (TPSA) is 141 Å². The van der Waals surface area contributed by atoms with Gasteiger partial charge in [-0.1, -0.05) is 18.2 Å². The predicted octanol–water partition coefficient (Wildman–Crippen LogP) is 3.92. The number of rotatable bonds is 13. The number of alkyl halides is 2. The quantitative estimate of drug-likeness (QED) is 0.142. The number of ether oxygens (including phenoxy) is 2. The van der Waals surface area contributed by atoms with Crippen LogP contribution in [0.2, 0.25) is 0 Å². The van der Waals surface area contributed by atoms with E-state index in [0.29, 0.717) is 0 Å². The van der Waals surface area contributed by atoms with Crippen LogP contribution in [-0.4, -0.2) is 51.1 Å². The number of para-hydroxylation sites is 1. The van der Waals surface area contributed by atoms with Crippen LogP contribution < -0.4 is 15.2 Å². The first kappa shape index (κ1) is 30.7. The molecule has 0 aliphatic heterocycles. The maximum absolute atomic E-state index is 15.1. The number of aromatic amines is 1. The van der Waals surface area contributed by atoms with Crippen molar-refractivity contribution in [2.75, 3.05) is 6.61 Å². The second kappa shape index (κ2) is 12.4. The molecule has 15 heteroatoms. The summed E-state index contributed by atoms with van der Waals surface area (Å²) >= 11 is 4.98. The van der Waals surface area contributed by atoms with Gasteiger partial charge in [0.1, 0.15) is 18.4 Å². The summed E-state index contributed by atoms with van der Waals surface area (Å²) in [6.45, 7) is 5.13. The zero-order chi connectivity index (χ0) is 28.0. The van der Waals surface area contributed by atoms with Gasteiger partial charge in [0.15, 0.2) is 16.7 Å². The van der Waals surface area contributed by atoms with Gasteiger partial charge in [0.05, 0.1) is 6.10 Å². The van der Waals surface area contributed by atoms with Crippen LogP contribution in [0, 0.1) is 4.77 Å². The van der Waals surface area contributed by atoms with Crippen molar-refractivity contribution in [2.24, 2.45) is 0 Å². The molecule has 0 saturated heterocycles. The number of nitrogens with zero attached hydrogens (tertiary/aromatic N) is 1. The van der Waals surface area contributed by atoms with Crippen LogP contribution in [0.3, 0.4) is 0 Å². The Kier molecular flexibility index (Phi) is 10.3. The lowest BCUT2D eigenvalue weighted by molar-refractivity contribution is -0.348. The first-order valence-electron chi connectivity index (χ1n) is 11.1. The first-order chi connectivity index (χ1) is 17.0.